The molecule has 1 aromatic rings. The molecule has 0 radical (unpaired) electrons. The van der Waals surface area contributed by atoms with Crippen molar-refractivity contribution in [1.82, 2.24) is 5.32 Å². The van der Waals surface area contributed by atoms with Crippen LogP contribution >= 0.6 is 0 Å². The predicted octanol–water partition coefficient (Wildman–Crippen LogP) is -0.208. The molecule has 0 spiro atoms. The minimum atomic E-state index is -0.745. The van der Waals surface area contributed by atoms with Gasteiger partial charge in [-0.15, -0.1) is 0 Å². The van der Waals surface area contributed by atoms with Gasteiger partial charge < -0.3 is 25.6 Å². The van der Waals surface area contributed by atoms with E-state index in [4.69, 9.17) is 15.2 Å². The van der Waals surface area contributed by atoms with Crippen LogP contribution in [-0.4, -0.2) is 43.0 Å². The van der Waals surface area contributed by atoms with Crippen molar-refractivity contribution >= 4 is 5.91 Å². The third-order valence-corrected chi connectivity index (χ3v) is 3.17. The summed E-state index contributed by atoms with van der Waals surface area (Å²) in [5.41, 5.74) is 5.32. The molecule has 0 saturated carbocycles. The van der Waals surface area contributed by atoms with Crippen molar-refractivity contribution in [3.8, 4) is 5.75 Å². The van der Waals surface area contributed by atoms with Gasteiger partial charge in [-0.1, -0.05) is 12.1 Å². The zero-order chi connectivity index (χ0) is 14.4. The first-order valence-electron chi connectivity index (χ1n) is 6.58. The second-order valence-corrected chi connectivity index (χ2v) is 5.03. The van der Waals surface area contributed by atoms with Crippen molar-refractivity contribution < 1.29 is 19.4 Å². The maximum absolute atomic E-state index is 10.6. The Bertz CT molecular complexity index is 441. The molecule has 1 aliphatic heterocycles. The summed E-state index contributed by atoms with van der Waals surface area (Å²) in [4.78, 5) is 10.6. The molecule has 1 heterocycles. The van der Waals surface area contributed by atoms with Gasteiger partial charge in [0.1, 0.15) is 11.4 Å². The van der Waals surface area contributed by atoms with Crippen LogP contribution in [0, 0.1) is 0 Å². The van der Waals surface area contributed by atoms with E-state index in [2.05, 4.69) is 5.32 Å². The monoisotopic (exact) mass is 280 g/mol. The maximum atomic E-state index is 10.6. The topological polar surface area (TPSA) is 93.8 Å². The summed E-state index contributed by atoms with van der Waals surface area (Å²) >= 11 is 0. The van der Waals surface area contributed by atoms with E-state index in [1.54, 1.807) is 12.1 Å². The lowest BCUT2D eigenvalue weighted by molar-refractivity contribution is -0.119. The Kier molecular flexibility index (Phi) is 4.94. The SMILES string of the molecule is NC(=O)COc1ccc(CNCC2(O)CCOC2)cc1. The van der Waals surface area contributed by atoms with Crippen LogP contribution in [-0.2, 0) is 16.1 Å². The fourth-order valence-electron chi connectivity index (χ4n) is 2.03. The van der Waals surface area contributed by atoms with Gasteiger partial charge in [0.05, 0.1) is 6.61 Å². The number of amides is 1. The Balaban J connectivity index is 1.74. The summed E-state index contributed by atoms with van der Waals surface area (Å²) in [6, 6.07) is 7.37. The highest BCUT2D eigenvalue weighted by atomic mass is 16.5. The molecule has 2 rings (SSSR count). The molecular formula is C14H20N2O4. The molecule has 1 aromatic carbocycles. The van der Waals surface area contributed by atoms with Gasteiger partial charge in [0.25, 0.3) is 5.91 Å². The smallest absolute Gasteiger partial charge is 0.255 e. The molecule has 20 heavy (non-hydrogen) atoms. The zero-order valence-corrected chi connectivity index (χ0v) is 11.3. The molecule has 6 heteroatoms. The fourth-order valence-corrected chi connectivity index (χ4v) is 2.03. The Morgan fingerprint density at radius 1 is 1.45 bits per heavy atom. The molecule has 1 amide bonds. The van der Waals surface area contributed by atoms with Gasteiger partial charge in [0, 0.05) is 26.1 Å². The van der Waals surface area contributed by atoms with Gasteiger partial charge in [-0.05, 0) is 17.7 Å². The van der Waals surface area contributed by atoms with Crippen LogP contribution in [0.1, 0.15) is 12.0 Å². The van der Waals surface area contributed by atoms with Crippen LogP contribution in [0.3, 0.4) is 0 Å². The average molecular weight is 280 g/mol. The van der Waals surface area contributed by atoms with Gasteiger partial charge >= 0.3 is 0 Å². The highest BCUT2D eigenvalue weighted by molar-refractivity contribution is 5.75. The molecule has 1 aliphatic rings. The molecule has 1 atom stereocenters. The first-order chi connectivity index (χ1) is 9.57. The number of nitrogens with two attached hydrogens (primary N) is 1. The molecule has 0 aliphatic carbocycles. The van der Waals surface area contributed by atoms with Gasteiger partial charge in [0.15, 0.2) is 6.61 Å². The summed E-state index contributed by atoms with van der Waals surface area (Å²) in [5.74, 6) is 0.109. The molecule has 0 bridgehead atoms. The average Bonchev–Trinajstić information content (AvgIpc) is 2.85. The van der Waals surface area contributed by atoms with Crippen LogP contribution in [0.2, 0.25) is 0 Å². The van der Waals surface area contributed by atoms with Crippen molar-refractivity contribution in [2.45, 2.75) is 18.6 Å². The molecule has 6 nitrogen and oxygen atoms in total. The first-order valence-corrected chi connectivity index (χ1v) is 6.58. The molecule has 110 valence electrons. The lowest BCUT2D eigenvalue weighted by Gasteiger charge is -2.20. The first kappa shape index (κ1) is 14.8. The number of hydrogen-bond donors (Lipinski definition) is 3. The number of rotatable bonds is 7. The minimum Gasteiger partial charge on any atom is -0.484 e. The van der Waals surface area contributed by atoms with E-state index < -0.39 is 11.5 Å². The largest absolute Gasteiger partial charge is 0.484 e. The van der Waals surface area contributed by atoms with E-state index in [0.29, 0.717) is 38.5 Å². The van der Waals surface area contributed by atoms with Gasteiger partial charge in [-0.25, -0.2) is 0 Å². The van der Waals surface area contributed by atoms with Crippen molar-refractivity contribution in [2.75, 3.05) is 26.4 Å². The lowest BCUT2D eigenvalue weighted by Crippen LogP contribution is -2.40. The van der Waals surface area contributed by atoms with E-state index in [1.807, 2.05) is 12.1 Å². The third-order valence-electron chi connectivity index (χ3n) is 3.17. The Labute approximate surface area is 117 Å². The second kappa shape index (κ2) is 6.69. The number of hydrogen-bond acceptors (Lipinski definition) is 5. The number of carbonyl (C=O) groups is 1. The van der Waals surface area contributed by atoms with Crippen LogP contribution in [0.4, 0.5) is 0 Å². The van der Waals surface area contributed by atoms with Crippen molar-refractivity contribution in [3.05, 3.63) is 29.8 Å². The number of primary amides is 1. The van der Waals surface area contributed by atoms with E-state index in [0.717, 1.165) is 5.56 Å². The van der Waals surface area contributed by atoms with Crippen molar-refractivity contribution in [1.29, 1.82) is 0 Å². The number of carbonyl (C=O) groups excluding carboxylic acids is 1. The van der Waals surface area contributed by atoms with E-state index in [1.165, 1.54) is 0 Å². The number of ether oxygens (including phenoxy) is 2. The van der Waals surface area contributed by atoms with Crippen molar-refractivity contribution in [2.24, 2.45) is 5.73 Å². The highest BCUT2D eigenvalue weighted by Gasteiger charge is 2.31. The third kappa shape index (κ3) is 4.48. The fraction of sp³-hybridized carbons (Fsp3) is 0.500. The predicted molar refractivity (Wildman–Crippen MR) is 73.2 cm³/mol. The normalized spacial score (nSPS) is 21.9. The number of aliphatic hydroxyl groups is 1. The summed E-state index contributed by atoms with van der Waals surface area (Å²) < 4.78 is 10.4. The Morgan fingerprint density at radius 3 is 2.80 bits per heavy atom. The summed E-state index contributed by atoms with van der Waals surface area (Å²) in [6.07, 6.45) is 0.667. The van der Waals surface area contributed by atoms with Gasteiger partial charge in [-0.2, -0.15) is 0 Å². The molecule has 1 saturated heterocycles. The van der Waals surface area contributed by atoms with E-state index in [-0.39, 0.29) is 6.61 Å². The van der Waals surface area contributed by atoms with Gasteiger partial charge in [0.2, 0.25) is 0 Å². The van der Waals surface area contributed by atoms with Crippen LogP contribution in [0.15, 0.2) is 24.3 Å². The van der Waals surface area contributed by atoms with Crippen molar-refractivity contribution in [3.63, 3.8) is 0 Å². The van der Waals surface area contributed by atoms with Crippen LogP contribution < -0.4 is 15.8 Å². The summed E-state index contributed by atoms with van der Waals surface area (Å²) in [6.45, 7) is 2.04. The summed E-state index contributed by atoms with van der Waals surface area (Å²) in [5, 5.41) is 13.3. The van der Waals surface area contributed by atoms with Gasteiger partial charge in [-0.3, -0.25) is 4.79 Å². The van der Waals surface area contributed by atoms with E-state index in [9.17, 15) is 9.90 Å². The lowest BCUT2D eigenvalue weighted by atomic mass is 10.0. The standard InChI is InChI=1S/C14H20N2O4/c15-13(17)8-20-12-3-1-11(2-4-12)7-16-9-14(18)5-6-19-10-14/h1-4,16,18H,5-10H2,(H2,15,17). The quantitative estimate of drug-likeness (QED) is 0.642. The number of benzene rings is 1. The second-order valence-electron chi connectivity index (χ2n) is 5.03. The molecule has 1 fully saturated rings. The van der Waals surface area contributed by atoms with Crippen LogP contribution in [0.25, 0.3) is 0 Å². The number of nitrogens with one attached hydrogen (secondary N) is 1. The molecule has 0 aromatic heterocycles. The zero-order valence-electron chi connectivity index (χ0n) is 11.3. The Morgan fingerprint density at radius 2 is 2.20 bits per heavy atom. The Hall–Kier alpha value is -1.63. The van der Waals surface area contributed by atoms with E-state index >= 15 is 0 Å². The molecular weight excluding hydrogens is 260 g/mol. The molecule has 4 N–H and O–H groups in total. The highest BCUT2D eigenvalue weighted by Crippen LogP contribution is 2.17. The molecule has 1 unspecified atom stereocenters. The minimum absolute atomic E-state index is 0.120. The summed E-state index contributed by atoms with van der Waals surface area (Å²) in [7, 11) is 0. The maximum Gasteiger partial charge on any atom is 0.255 e. The van der Waals surface area contributed by atoms with Crippen LogP contribution in [0.5, 0.6) is 5.75 Å².